The van der Waals surface area contributed by atoms with Gasteiger partial charge < -0.3 is 10.2 Å². The lowest BCUT2D eigenvalue weighted by Gasteiger charge is -2.34. The van der Waals surface area contributed by atoms with Crippen LogP contribution in [0.15, 0.2) is 24.5 Å². The molecule has 0 saturated carbocycles. The zero-order chi connectivity index (χ0) is 24.2. The first-order valence-corrected chi connectivity index (χ1v) is 11.0. The summed E-state index contributed by atoms with van der Waals surface area (Å²) in [4.78, 5) is 32.8. The fourth-order valence-corrected chi connectivity index (χ4v) is 3.74. The number of nitrogens with zero attached hydrogens (tertiary/aromatic N) is 5. The quantitative estimate of drug-likeness (QED) is 0.679. The molecule has 0 bridgehead atoms. The zero-order valence-electron chi connectivity index (χ0n) is 19.0. The van der Waals surface area contributed by atoms with Gasteiger partial charge in [0.1, 0.15) is 0 Å². The van der Waals surface area contributed by atoms with Crippen molar-refractivity contribution in [3.63, 3.8) is 0 Å². The number of carbonyl (C=O) groups is 2. The normalized spacial score (nSPS) is 15.2. The van der Waals surface area contributed by atoms with Crippen molar-refractivity contribution < 1.29 is 22.8 Å². The predicted molar refractivity (Wildman–Crippen MR) is 116 cm³/mol. The van der Waals surface area contributed by atoms with E-state index in [-0.39, 0.29) is 23.6 Å². The van der Waals surface area contributed by atoms with Gasteiger partial charge in [0, 0.05) is 38.9 Å². The fraction of sp³-hybridized carbons (Fsp3) is 0.545. The number of rotatable bonds is 7. The van der Waals surface area contributed by atoms with Gasteiger partial charge in [-0.15, -0.1) is 0 Å². The van der Waals surface area contributed by atoms with Crippen molar-refractivity contribution in [3.8, 4) is 5.82 Å². The summed E-state index contributed by atoms with van der Waals surface area (Å²) in [5, 5.41) is 7.11. The van der Waals surface area contributed by atoms with Crippen molar-refractivity contribution in [1.29, 1.82) is 0 Å². The van der Waals surface area contributed by atoms with Crippen molar-refractivity contribution in [1.82, 2.24) is 29.9 Å². The van der Waals surface area contributed by atoms with Crippen LogP contribution in [-0.4, -0.2) is 75.6 Å². The Hall–Kier alpha value is -2.95. The summed E-state index contributed by atoms with van der Waals surface area (Å²) in [6, 6.07) is 2.20. The van der Waals surface area contributed by atoms with E-state index < -0.39 is 11.7 Å². The summed E-state index contributed by atoms with van der Waals surface area (Å²) in [5.74, 6) is -0.108. The summed E-state index contributed by atoms with van der Waals surface area (Å²) >= 11 is 0. The number of amides is 2. The van der Waals surface area contributed by atoms with Crippen LogP contribution in [0.2, 0.25) is 0 Å². The molecule has 3 heterocycles. The molecule has 2 aromatic rings. The molecule has 1 aliphatic heterocycles. The van der Waals surface area contributed by atoms with E-state index in [1.807, 2.05) is 25.7 Å². The fourth-order valence-electron chi connectivity index (χ4n) is 3.74. The molecule has 0 aliphatic carbocycles. The topological polar surface area (TPSA) is 83.4 Å². The van der Waals surface area contributed by atoms with Crippen molar-refractivity contribution in [2.24, 2.45) is 0 Å². The molecule has 0 aromatic carbocycles. The van der Waals surface area contributed by atoms with Gasteiger partial charge in [-0.05, 0) is 24.5 Å². The van der Waals surface area contributed by atoms with E-state index in [1.54, 1.807) is 4.90 Å². The minimum absolute atomic E-state index is 0.0240. The van der Waals surface area contributed by atoms with Crippen LogP contribution in [0.25, 0.3) is 5.82 Å². The number of aromatic nitrogens is 3. The van der Waals surface area contributed by atoms with Crippen molar-refractivity contribution >= 4 is 11.8 Å². The van der Waals surface area contributed by atoms with E-state index in [0.717, 1.165) is 18.7 Å². The molecule has 3 rings (SSSR count). The Morgan fingerprint density at radius 2 is 1.82 bits per heavy atom. The molecule has 2 amide bonds. The van der Waals surface area contributed by atoms with Crippen LogP contribution in [0.3, 0.4) is 0 Å². The number of carbonyl (C=O) groups excluding carboxylic acids is 2. The van der Waals surface area contributed by atoms with E-state index in [0.29, 0.717) is 50.5 Å². The second-order valence-electron chi connectivity index (χ2n) is 8.33. The SMILES string of the molecule is CCCNC(=O)CN1CCN(C(=O)c2cnn(-c3ccc(C(F)(F)F)cn3)c2C(C)C)CC1. The van der Waals surface area contributed by atoms with Crippen molar-refractivity contribution in [2.75, 3.05) is 39.3 Å². The Kier molecular flexibility index (Phi) is 7.72. The molecular weight excluding hydrogens is 437 g/mol. The van der Waals surface area contributed by atoms with E-state index in [1.165, 1.54) is 16.9 Å². The number of hydrogen-bond donors (Lipinski definition) is 1. The molecule has 0 unspecified atom stereocenters. The van der Waals surface area contributed by atoms with Gasteiger partial charge in [-0.25, -0.2) is 9.67 Å². The predicted octanol–water partition coefficient (Wildman–Crippen LogP) is 2.69. The lowest BCUT2D eigenvalue weighted by atomic mass is 10.0. The highest BCUT2D eigenvalue weighted by molar-refractivity contribution is 5.95. The molecule has 0 atom stereocenters. The first-order valence-electron chi connectivity index (χ1n) is 11.0. The third-order valence-electron chi connectivity index (χ3n) is 5.47. The molecule has 8 nitrogen and oxygen atoms in total. The number of pyridine rings is 1. The van der Waals surface area contributed by atoms with Gasteiger partial charge >= 0.3 is 6.18 Å². The molecule has 1 fully saturated rings. The monoisotopic (exact) mass is 466 g/mol. The van der Waals surface area contributed by atoms with E-state index in [2.05, 4.69) is 15.4 Å². The molecular formula is C22H29F3N6O2. The second-order valence-corrected chi connectivity index (χ2v) is 8.33. The van der Waals surface area contributed by atoms with Crippen molar-refractivity contribution in [2.45, 2.75) is 39.3 Å². The van der Waals surface area contributed by atoms with Gasteiger partial charge in [-0.2, -0.15) is 18.3 Å². The average Bonchev–Trinajstić information content (AvgIpc) is 3.23. The molecule has 180 valence electrons. The number of hydrogen-bond acceptors (Lipinski definition) is 5. The summed E-state index contributed by atoms with van der Waals surface area (Å²) in [5.41, 5.74) is 0.150. The Morgan fingerprint density at radius 3 is 2.36 bits per heavy atom. The second kappa shape index (κ2) is 10.3. The molecule has 1 aliphatic rings. The molecule has 1 N–H and O–H groups in total. The maximum atomic E-state index is 13.2. The van der Waals surface area contributed by atoms with Gasteiger partial charge in [-0.3, -0.25) is 14.5 Å². The number of alkyl halides is 3. The Morgan fingerprint density at radius 1 is 1.12 bits per heavy atom. The van der Waals surface area contributed by atoms with E-state index in [9.17, 15) is 22.8 Å². The Bertz CT molecular complexity index is 964. The van der Waals surface area contributed by atoms with Gasteiger partial charge in [-0.1, -0.05) is 20.8 Å². The number of halogens is 3. The molecule has 33 heavy (non-hydrogen) atoms. The lowest BCUT2D eigenvalue weighted by Crippen LogP contribution is -2.51. The highest BCUT2D eigenvalue weighted by Gasteiger charge is 2.32. The van der Waals surface area contributed by atoms with Crippen LogP contribution in [0, 0.1) is 0 Å². The Labute approximate surface area is 190 Å². The highest BCUT2D eigenvalue weighted by Crippen LogP contribution is 2.29. The minimum Gasteiger partial charge on any atom is -0.355 e. The average molecular weight is 467 g/mol. The van der Waals surface area contributed by atoms with Gasteiger partial charge in [0.2, 0.25) is 5.91 Å². The summed E-state index contributed by atoms with van der Waals surface area (Å²) in [6.45, 7) is 8.83. The van der Waals surface area contributed by atoms with Crippen LogP contribution >= 0.6 is 0 Å². The standard InChI is InChI=1S/C22H29F3N6O2/c1-4-7-26-19(32)14-29-8-10-30(11-9-29)21(33)17-13-28-31(20(17)15(2)3)18-6-5-16(12-27-18)22(23,24)25/h5-6,12-13,15H,4,7-11,14H2,1-3H3,(H,26,32). The lowest BCUT2D eigenvalue weighted by molar-refractivity contribution is -0.137. The molecule has 1 saturated heterocycles. The molecule has 0 radical (unpaired) electrons. The van der Waals surface area contributed by atoms with Gasteiger partial charge in [0.25, 0.3) is 5.91 Å². The van der Waals surface area contributed by atoms with Gasteiger partial charge in [0.05, 0.1) is 29.6 Å². The highest BCUT2D eigenvalue weighted by atomic mass is 19.4. The molecule has 11 heteroatoms. The molecule has 0 spiro atoms. The largest absolute Gasteiger partial charge is 0.417 e. The smallest absolute Gasteiger partial charge is 0.355 e. The first kappa shape index (κ1) is 24.7. The van der Waals surface area contributed by atoms with Crippen molar-refractivity contribution in [3.05, 3.63) is 41.3 Å². The van der Waals surface area contributed by atoms with Gasteiger partial charge in [0.15, 0.2) is 5.82 Å². The minimum atomic E-state index is -4.48. The maximum absolute atomic E-state index is 13.2. The van der Waals surface area contributed by atoms with Crippen LogP contribution in [-0.2, 0) is 11.0 Å². The summed E-state index contributed by atoms with van der Waals surface area (Å²) in [7, 11) is 0. The van der Waals surface area contributed by atoms with E-state index in [4.69, 9.17) is 0 Å². The van der Waals surface area contributed by atoms with Crippen LogP contribution in [0.5, 0.6) is 0 Å². The maximum Gasteiger partial charge on any atom is 0.417 e. The Balaban J connectivity index is 1.72. The molecule has 2 aromatic heterocycles. The van der Waals surface area contributed by atoms with Crippen LogP contribution < -0.4 is 5.32 Å². The zero-order valence-corrected chi connectivity index (χ0v) is 19.0. The number of nitrogens with one attached hydrogen (secondary N) is 1. The first-order chi connectivity index (χ1) is 15.6. The third-order valence-corrected chi connectivity index (χ3v) is 5.47. The van der Waals surface area contributed by atoms with E-state index >= 15 is 0 Å². The number of piperazine rings is 1. The summed E-state index contributed by atoms with van der Waals surface area (Å²) < 4.78 is 40.0. The third kappa shape index (κ3) is 5.89. The van der Waals surface area contributed by atoms with Crippen LogP contribution in [0.4, 0.5) is 13.2 Å². The van der Waals surface area contributed by atoms with Crippen LogP contribution in [0.1, 0.15) is 54.7 Å². The summed E-state index contributed by atoms with van der Waals surface area (Å²) in [6.07, 6.45) is -1.39.